The Hall–Kier alpha value is -3.54. The number of fused-ring (bicyclic) bond motifs is 1. The van der Waals surface area contributed by atoms with Crippen molar-refractivity contribution in [3.05, 3.63) is 69.5 Å². The molecule has 0 saturated carbocycles. The minimum absolute atomic E-state index is 0.0563. The molecule has 39 heavy (non-hydrogen) atoms. The van der Waals surface area contributed by atoms with Gasteiger partial charge < -0.3 is 14.8 Å². The molecule has 0 radical (unpaired) electrons. The van der Waals surface area contributed by atoms with E-state index < -0.39 is 11.7 Å². The summed E-state index contributed by atoms with van der Waals surface area (Å²) in [7, 11) is 1.59. The lowest BCUT2D eigenvalue weighted by Gasteiger charge is -2.19. The first-order valence-corrected chi connectivity index (χ1v) is 12.9. The van der Waals surface area contributed by atoms with Crippen LogP contribution in [0.5, 0.6) is 0 Å². The van der Waals surface area contributed by atoms with Crippen LogP contribution in [0.15, 0.2) is 36.9 Å². The smallest absolute Gasteiger partial charge is 0.407 e. The zero-order valence-corrected chi connectivity index (χ0v) is 23.7. The van der Waals surface area contributed by atoms with E-state index in [0.717, 1.165) is 5.56 Å². The van der Waals surface area contributed by atoms with E-state index in [9.17, 15) is 9.59 Å². The second-order valence-electron chi connectivity index (χ2n) is 9.97. The highest BCUT2D eigenvalue weighted by molar-refractivity contribution is 6.32. The van der Waals surface area contributed by atoms with Gasteiger partial charge in [0, 0.05) is 62.3 Å². The first-order chi connectivity index (χ1) is 18.4. The minimum atomic E-state index is -0.585. The highest BCUT2D eigenvalue weighted by Crippen LogP contribution is 2.24. The van der Waals surface area contributed by atoms with Gasteiger partial charge in [-0.05, 0) is 39.3 Å². The summed E-state index contributed by atoms with van der Waals surface area (Å²) in [6.45, 7) is 7.48. The van der Waals surface area contributed by atoms with Crippen molar-refractivity contribution < 1.29 is 19.1 Å². The van der Waals surface area contributed by atoms with Gasteiger partial charge in [-0.3, -0.25) is 4.79 Å². The van der Waals surface area contributed by atoms with Crippen molar-refractivity contribution in [1.29, 1.82) is 0 Å². The molecule has 0 aromatic carbocycles. The van der Waals surface area contributed by atoms with Crippen molar-refractivity contribution in [2.75, 3.05) is 7.11 Å². The van der Waals surface area contributed by atoms with Crippen molar-refractivity contribution in [3.8, 4) is 5.82 Å². The molecular weight excluding hydrogens is 545 g/mol. The number of methoxy groups -OCH3 is 1. The molecule has 4 aromatic heterocycles. The number of amides is 1. The Morgan fingerprint density at radius 2 is 1.85 bits per heavy atom. The lowest BCUT2D eigenvalue weighted by molar-refractivity contribution is -0.117. The van der Waals surface area contributed by atoms with Crippen LogP contribution in [0, 0.1) is 0 Å². The summed E-state index contributed by atoms with van der Waals surface area (Å²) in [5, 5.41) is 11.9. The average molecular weight is 574 g/mol. The molecule has 1 atom stereocenters. The van der Waals surface area contributed by atoms with Crippen molar-refractivity contribution in [2.45, 2.75) is 58.8 Å². The van der Waals surface area contributed by atoms with Gasteiger partial charge in [-0.15, -0.1) is 0 Å². The Bertz CT molecular complexity index is 1510. The Morgan fingerprint density at radius 1 is 1.08 bits per heavy atom. The van der Waals surface area contributed by atoms with Crippen molar-refractivity contribution in [3.63, 3.8) is 0 Å². The van der Waals surface area contributed by atoms with Crippen LogP contribution in [0.4, 0.5) is 4.79 Å². The summed E-state index contributed by atoms with van der Waals surface area (Å²) < 4.78 is 13.9. The van der Waals surface area contributed by atoms with E-state index in [-0.39, 0.29) is 31.3 Å². The number of pyridine rings is 1. The van der Waals surface area contributed by atoms with Gasteiger partial charge in [-0.1, -0.05) is 23.2 Å². The van der Waals surface area contributed by atoms with E-state index in [1.54, 1.807) is 69.3 Å². The molecule has 0 spiro atoms. The first kappa shape index (κ1) is 28.5. The lowest BCUT2D eigenvalue weighted by atomic mass is 10.0. The Labute approximate surface area is 235 Å². The molecule has 13 heteroatoms. The zero-order chi connectivity index (χ0) is 28.3. The first-order valence-electron chi connectivity index (χ1n) is 12.2. The molecule has 4 rings (SSSR count). The molecule has 4 aromatic rings. The molecule has 0 aliphatic rings. The van der Waals surface area contributed by atoms with Crippen LogP contribution in [0.3, 0.4) is 0 Å². The van der Waals surface area contributed by atoms with Gasteiger partial charge >= 0.3 is 6.09 Å². The van der Waals surface area contributed by atoms with Crippen molar-refractivity contribution in [1.82, 2.24) is 34.7 Å². The fourth-order valence-electron chi connectivity index (χ4n) is 3.93. The normalized spacial score (nSPS) is 12.5. The summed E-state index contributed by atoms with van der Waals surface area (Å²) >= 11 is 12.6. The van der Waals surface area contributed by atoms with Crippen molar-refractivity contribution >= 4 is 40.7 Å². The summed E-state index contributed by atoms with van der Waals surface area (Å²) in [4.78, 5) is 33.7. The Morgan fingerprint density at radius 3 is 2.54 bits per heavy atom. The van der Waals surface area contributed by atoms with Gasteiger partial charge in [0.2, 0.25) is 0 Å². The number of ketones is 1. The third-order valence-electron chi connectivity index (χ3n) is 5.67. The summed E-state index contributed by atoms with van der Waals surface area (Å²) in [5.41, 5.74) is 2.79. The summed E-state index contributed by atoms with van der Waals surface area (Å²) in [6, 6.07) is 3.34. The van der Waals surface area contributed by atoms with E-state index >= 15 is 0 Å². The van der Waals surface area contributed by atoms with Crippen LogP contribution in [-0.2, 0) is 33.7 Å². The quantitative estimate of drug-likeness (QED) is 0.305. The second kappa shape index (κ2) is 11.7. The second-order valence-corrected chi connectivity index (χ2v) is 10.8. The standard InChI is InChI=1S/C26H29Cl2N7O4/c1-15(38-5)23-18(13-29-22-9-21(28)33-35(22)23)8-19(36)6-16-7-20(27)24(30-10-16)34-14-17(12-32-34)11-31-25(37)39-26(2,3)4/h7,9-10,12-15H,6,8,11H2,1-5H3,(H,31,37)/t15-/m0/s1. The topological polar surface area (TPSA) is 126 Å². The zero-order valence-electron chi connectivity index (χ0n) is 22.2. The fourth-order valence-corrected chi connectivity index (χ4v) is 4.38. The molecule has 0 unspecified atom stereocenters. The SMILES string of the molecule is CO[C@@H](C)c1c(CC(=O)Cc2cnc(-n3cc(CNC(=O)OC(C)(C)C)cn3)c(Cl)c2)cnc2cc(Cl)nn12. The molecule has 11 nitrogen and oxygen atoms in total. The number of alkyl carbamates (subject to hydrolysis) is 1. The molecule has 4 heterocycles. The Kier molecular flexibility index (Phi) is 8.53. The van der Waals surface area contributed by atoms with Crippen LogP contribution < -0.4 is 5.32 Å². The van der Waals surface area contributed by atoms with Crippen molar-refractivity contribution in [2.24, 2.45) is 0 Å². The van der Waals surface area contributed by atoms with Crippen LogP contribution in [0.2, 0.25) is 10.2 Å². The number of aromatic nitrogens is 6. The highest BCUT2D eigenvalue weighted by atomic mass is 35.5. The van der Waals surface area contributed by atoms with Crippen LogP contribution in [0.1, 0.15) is 56.2 Å². The molecule has 0 aliphatic carbocycles. The molecule has 1 amide bonds. The number of carbonyl (C=O) groups excluding carboxylic acids is 2. The van der Waals surface area contributed by atoms with E-state index in [1.165, 1.54) is 4.68 Å². The third-order valence-corrected chi connectivity index (χ3v) is 6.13. The number of rotatable bonds is 9. The van der Waals surface area contributed by atoms with E-state index in [2.05, 4.69) is 25.5 Å². The molecule has 0 fully saturated rings. The van der Waals surface area contributed by atoms with Crippen LogP contribution in [-0.4, -0.2) is 53.9 Å². The number of halogens is 2. The number of Topliss-reactive ketones (excluding diaryl/α,β-unsaturated/α-hetero) is 1. The lowest BCUT2D eigenvalue weighted by Crippen LogP contribution is -2.32. The highest BCUT2D eigenvalue weighted by Gasteiger charge is 2.20. The summed E-state index contributed by atoms with van der Waals surface area (Å²) in [5.74, 6) is 0.344. The average Bonchev–Trinajstić information content (AvgIpc) is 3.47. The third kappa shape index (κ3) is 7.11. The molecule has 0 aliphatic heterocycles. The monoisotopic (exact) mass is 573 g/mol. The molecule has 1 N–H and O–H groups in total. The van der Waals surface area contributed by atoms with Crippen LogP contribution >= 0.6 is 23.2 Å². The predicted octanol–water partition coefficient (Wildman–Crippen LogP) is 4.70. The van der Waals surface area contributed by atoms with E-state index in [0.29, 0.717) is 38.5 Å². The predicted molar refractivity (Wildman–Crippen MR) is 145 cm³/mol. The van der Waals surface area contributed by atoms with E-state index in [4.69, 9.17) is 32.7 Å². The maximum absolute atomic E-state index is 13.0. The van der Waals surface area contributed by atoms with E-state index in [1.807, 2.05) is 6.92 Å². The van der Waals surface area contributed by atoms with Crippen LogP contribution in [0.25, 0.3) is 11.5 Å². The fraction of sp³-hybridized carbons (Fsp3) is 0.385. The molecular formula is C26H29Cl2N7O4. The molecule has 0 saturated heterocycles. The van der Waals surface area contributed by atoms with Gasteiger partial charge in [0.1, 0.15) is 11.4 Å². The minimum Gasteiger partial charge on any atom is -0.444 e. The largest absolute Gasteiger partial charge is 0.444 e. The number of hydrogen-bond donors (Lipinski definition) is 1. The number of ether oxygens (including phenoxy) is 2. The number of nitrogens with one attached hydrogen (secondary N) is 1. The maximum Gasteiger partial charge on any atom is 0.407 e. The van der Waals surface area contributed by atoms with Gasteiger partial charge in [0.05, 0.1) is 23.0 Å². The number of carbonyl (C=O) groups is 2. The maximum atomic E-state index is 13.0. The number of hydrogen-bond acceptors (Lipinski definition) is 8. The molecule has 0 bridgehead atoms. The van der Waals surface area contributed by atoms with Gasteiger partial charge in [0.25, 0.3) is 0 Å². The van der Waals surface area contributed by atoms with Gasteiger partial charge in [-0.25, -0.2) is 24.0 Å². The van der Waals surface area contributed by atoms with Gasteiger partial charge in [0.15, 0.2) is 16.6 Å². The number of nitrogens with zero attached hydrogens (tertiary/aromatic N) is 6. The molecule has 206 valence electrons. The Balaban J connectivity index is 1.43. The summed E-state index contributed by atoms with van der Waals surface area (Å²) in [6.07, 6.45) is 5.94. The van der Waals surface area contributed by atoms with Gasteiger partial charge in [-0.2, -0.15) is 10.2 Å².